The molecule has 1 saturated carbocycles. The molecule has 2 aliphatic rings. The lowest BCUT2D eigenvalue weighted by atomic mass is 9.74. The van der Waals surface area contributed by atoms with Gasteiger partial charge in [-0.05, 0) is 38.1 Å². The molecule has 1 N–H and O–H groups in total. The molecule has 0 aromatic carbocycles. The highest BCUT2D eigenvalue weighted by Gasteiger charge is 2.47. The first-order chi connectivity index (χ1) is 7.09. The number of halogens is 3. The average molecular weight is 221 g/mol. The first-order valence-corrected chi connectivity index (χ1v) is 5.89. The second-order valence-electron chi connectivity index (χ2n) is 4.80. The Hall–Kier alpha value is -0.250. The minimum Gasteiger partial charge on any atom is -0.314 e. The van der Waals surface area contributed by atoms with Crippen LogP contribution in [-0.4, -0.2) is 18.8 Å². The topological polar surface area (TPSA) is 12.0 Å². The Balaban J connectivity index is 2.05. The van der Waals surface area contributed by atoms with E-state index in [0.29, 0.717) is 6.42 Å². The zero-order chi connectivity index (χ0) is 10.9. The Morgan fingerprint density at radius 1 is 0.933 bits per heavy atom. The molecule has 3 unspecified atom stereocenters. The molecule has 0 aromatic rings. The molecule has 0 spiro atoms. The van der Waals surface area contributed by atoms with E-state index in [1.165, 1.54) is 0 Å². The minimum atomic E-state index is -3.99. The minimum absolute atomic E-state index is 0.122. The van der Waals surface area contributed by atoms with Gasteiger partial charge in [-0.2, -0.15) is 13.2 Å². The second-order valence-corrected chi connectivity index (χ2v) is 4.80. The summed E-state index contributed by atoms with van der Waals surface area (Å²) in [5.74, 6) is -1.22. The smallest absolute Gasteiger partial charge is 0.314 e. The molecule has 0 radical (unpaired) electrons. The highest BCUT2D eigenvalue weighted by atomic mass is 19.4. The number of hydrogen-bond donors (Lipinski definition) is 1. The summed E-state index contributed by atoms with van der Waals surface area (Å²) in [4.78, 5) is 0. The van der Waals surface area contributed by atoms with Crippen molar-refractivity contribution >= 4 is 0 Å². The largest absolute Gasteiger partial charge is 0.392 e. The molecule has 1 aliphatic heterocycles. The number of alkyl halides is 3. The van der Waals surface area contributed by atoms with E-state index in [-0.39, 0.29) is 12.0 Å². The Morgan fingerprint density at radius 3 is 2.27 bits per heavy atom. The summed E-state index contributed by atoms with van der Waals surface area (Å²) in [6.07, 6.45) is 0.773. The predicted molar refractivity (Wildman–Crippen MR) is 52.5 cm³/mol. The van der Waals surface area contributed by atoms with E-state index in [1.54, 1.807) is 0 Å². The van der Waals surface area contributed by atoms with Crippen molar-refractivity contribution in [3.05, 3.63) is 0 Å². The predicted octanol–water partition coefficient (Wildman–Crippen LogP) is 3.11. The van der Waals surface area contributed by atoms with Gasteiger partial charge in [-0.1, -0.05) is 12.8 Å². The van der Waals surface area contributed by atoms with Crippen LogP contribution < -0.4 is 5.32 Å². The van der Waals surface area contributed by atoms with Crippen LogP contribution in [0.3, 0.4) is 0 Å². The van der Waals surface area contributed by atoms with Gasteiger partial charge >= 0.3 is 6.18 Å². The molecule has 2 fully saturated rings. The van der Waals surface area contributed by atoms with Gasteiger partial charge in [-0.3, -0.25) is 0 Å². The average Bonchev–Trinajstić information content (AvgIpc) is 2.69. The summed E-state index contributed by atoms with van der Waals surface area (Å²) in [5, 5.41) is 3.23. The van der Waals surface area contributed by atoms with Crippen molar-refractivity contribution in [3.63, 3.8) is 0 Å². The molecule has 1 aliphatic carbocycles. The van der Waals surface area contributed by atoms with Crippen molar-refractivity contribution in [2.24, 2.45) is 11.8 Å². The van der Waals surface area contributed by atoms with Crippen molar-refractivity contribution in [2.75, 3.05) is 6.54 Å². The molecule has 1 heterocycles. The van der Waals surface area contributed by atoms with Crippen LogP contribution in [0.1, 0.15) is 38.5 Å². The summed E-state index contributed by atoms with van der Waals surface area (Å²) in [6, 6.07) is 0.122. The second kappa shape index (κ2) is 4.32. The fourth-order valence-electron chi connectivity index (χ4n) is 3.12. The van der Waals surface area contributed by atoms with Gasteiger partial charge in [-0.15, -0.1) is 0 Å². The normalized spacial score (nSPS) is 38.2. The third-order valence-corrected chi connectivity index (χ3v) is 3.86. The number of nitrogens with one attached hydrogen (secondary N) is 1. The lowest BCUT2D eigenvalue weighted by Gasteiger charge is -2.36. The van der Waals surface area contributed by atoms with E-state index in [2.05, 4.69) is 5.32 Å². The molecule has 88 valence electrons. The van der Waals surface area contributed by atoms with Crippen molar-refractivity contribution in [1.29, 1.82) is 0 Å². The third kappa shape index (κ3) is 2.47. The van der Waals surface area contributed by atoms with Gasteiger partial charge in [0.05, 0.1) is 5.92 Å². The monoisotopic (exact) mass is 221 g/mol. The Kier molecular flexibility index (Phi) is 3.24. The standard InChI is InChI=1S/C11H18F3N/c12-11(13,14)9-5-2-1-4-8(9)10-6-3-7-15-10/h8-10,15H,1-7H2. The van der Waals surface area contributed by atoms with Crippen LogP contribution in [0.2, 0.25) is 0 Å². The maximum absolute atomic E-state index is 12.8. The fraction of sp³-hybridized carbons (Fsp3) is 1.00. The first-order valence-electron chi connectivity index (χ1n) is 5.89. The maximum atomic E-state index is 12.8. The van der Waals surface area contributed by atoms with Gasteiger partial charge in [0.25, 0.3) is 0 Å². The highest BCUT2D eigenvalue weighted by molar-refractivity contribution is 4.90. The summed E-state index contributed by atoms with van der Waals surface area (Å²) in [5.41, 5.74) is 0. The Bertz CT molecular complexity index is 208. The van der Waals surface area contributed by atoms with Crippen molar-refractivity contribution in [3.8, 4) is 0 Å². The number of rotatable bonds is 1. The molecular weight excluding hydrogens is 203 g/mol. The van der Waals surface area contributed by atoms with Gasteiger partial charge in [0.2, 0.25) is 0 Å². The van der Waals surface area contributed by atoms with Crippen LogP contribution in [0.4, 0.5) is 13.2 Å². The molecular formula is C11H18F3N. The molecule has 3 atom stereocenters. The molecule has 15 heavy (non-hydrogen) atoms. The zero-order valence-electron chi connectivity index (χ0n) is 8.82. The lowest BCUT2D eigenvalue weighted by molar-refractivity contribution is -0.198. The van der Waals surface area contributed by atoms with Crippen molar-refractivity contribution < 1.29 is 13.2 Å². The van der Waals surface area contributed by atoms with Gasteiger partial charge in [0.15, 0.2) is 0 Å². The summed E-state index contributed by atoms with van der Waals surface area (Å²) < 4.78 is 38.5. The summed E-state index contributed by atoms with van der Waals surface area (Å²) in [7, 11) is 0. The maximum Gasteiger partial charge on any atom is 0.392 e. The van der Waals surface area contributed by atoms with E-state index in [4.69, 9.17) is 0 Å². The molecule has 1 nitrogen and oxygen atoms in total. The fourth-order valence-corrected chi connectivity index (χ4v) is 3.12. The summed E-state index contributed by atoms with van der Waals surface area (Å²) >= 11 is 0. The van der Waals surface area contributed by atoms with Crippen LogP contribution in [0.25, 0.3) is 0 Å². The van der Waals surface area contributed by atoms with E-state index < -0.39 is 12.1 Å². The van der Waals surface area contributed by atoms with E-state index in [1.807, 2.05) is 0 Å². The van der Waals surface area contributed by atoms with Crippen LogP contribution >= 0.6 is 0 Å². The van der Waals surface area contributed by atoms with E-state index >= 15 is 0 Å². The zero-order valence-corrected chi connectivity index (χ0v) is 8.82. The number of hydrogen-bond acceptors (Lipinski definition) is 1. The van der Waals surface area contributed by atoms with E-state index in [9.17, 15) is 13.2 Å². The van der Waals surface area contributed by atoms with Gasteiger partial charge in [-0.25, -0.2) is 0 Å². The Labute approximate surface area is 88.4 Å². The third-order valence-electron chi connectivity index (χ3n) is 3.86. The van der Waals surface area contributed by atoms with Gasteiger partial charge < -0.3 is 5.32 Å². The molecule has 4 heteroatoms. The quantitative estimate of drug-likeness (QED) is 0.717. The van der Waals surface area contributed by atoms with Crippen LogP contribution in [0, 0.1) is 11.8 Å². The lowest BCUT2D eigenvalue weighted by Crippen LogP contribution is -2.43. The Morgan fingerprint density at radius 2 is 1.67 bits per heavy atom. The van der Waals surface area contributed by atoms with Crippen LogP contribution in [-0.2, 0) is 0 Å². The SMILES string of the molecule is FC(F)(F)C1CCCCC1C1CCCN1. The first kappa shape index (κ1) is 11.2. The van der Waals surface area contributed by atoms with E-state index in [0.717, 1.165) is 38.6 Å². The highest BCUT2D eigenvalue weighted by Crippen LogP contribution is 2.44. The van der Waals surface area contributed by atoms with Crippen molar-refractivity contribution in [2.45, 2.75) is 50.7 Å². The molecule has 0 amide bonds. The molecule has 1 saturated heterocycles. The van der Waals surface area contributed by atoms with Crippen LogP contribution in [0.15, 0.2) is 0 Å². The van der Waals surface area contributed by atoms with Crippen molar-refractivity contribution in [1.82, 2.24) is 5.32 Å². The van der Waals surface area contributed by atoms with Gasteiger partial charge in [0.1, 0.15) is 0 Å². The molecule has 0 aromatic heterocycles. The van der Waals surface area contributed by atoms with Gasteiger partial charge in [0, 0.05) is 6.04 Å². The van der Waals surface area contributed by atoms with Crippen LogP contribution in [0.5, 0.6) is 0 Å². The summed E-state index contributed by atoms with van der Waals surface area (Å²) in [6.45, 7) is 0.895. The molecule has 0 bridgehead atoms. The molecule has 2 rings (SSSR count).